The van der Waals surface area contributed by atoms with E-state index in [1.165, 1.54) is 5.56 Å². The monoisotopic (exact) mass is 378 g/mol. The van der Waals surface area contributed by atoms with Crippen LogP contribution < -0.4 is 10.1 Å². The number of rotatable bonds is 5. The zero-order valence-electron chi connectivity index (χ0n) is 16.6. The van der Waals surface area contributed by atoms with Gasteiger partial charge >= 0.3 is 0 Å². The molecule has 1 aliphatic rings. The Morgan fingerprint density at radius 1 is 1.14 bits per heavy atom. The molecule has 2 amide bonds. The molecule has 146 valence electrons. The first-order chi connectivity index (χ1) is 13.5. The Balaban J connectivity index is 1.66. The van der Waals surface area contributed by atoms with E-state index in [1.807, 2.05) is 32.1 Å². The van der Waals surface area contributed by atoms with Crippen LogP contribution >= 0.6 is 0 Å². The molecular formula is C23H26N2O3. The molecule has 1 atom stereocenters. The Kier molecular flexibility index (Phi) is 6.14. The standard InChI is InChI=1S/C23H26N2O3/c1-16-6-7-18(17(2)15-16)8-13-22(26)25-14-4-5-21(25)23(27)24-19-9-11-20(28-3)12-10-19/h6-13,15,21H,4-5,14H2,1-3H3,(H,24,27)/b13-8+. The maximum absolute atomic E-state index is 12.7. The Bertz CT molecular complexity index is 887. The molecule has 1 unspecified atom stereocenters. The van der Waals surface area contributed by atoms with Crippen molar-refractivity contribution in [3.8, 4) is 5.75 Å². The number of amides is 2. The summed E-state index contributed by atoms with van der Waals surface area (Å²) in [5.41, 5.74) is 4.02. The Morgan fingerprint density at radius 2 is 1.89 bits per heavy atom. The molecule has 0 aliphatic carbocycles. The third kappa shape index (κ3) is 4.60. The normalized spacial score (nSPS) is 16.4. The van der Waals surface area contributed by atoms with Crippen LogP contribution in [-0.4, -0.2) is 36.4 Å². The topological polar surface area (TPSA) is 58.6 Å². The van der Waals surface area contributed by atoms with Gasteiger partial charge in [-0.15, -0.1) is 0 Å². The first-order valence-electron chi connectivity index (χ1n) is 9.49. The largest absolute Gasteiger partial charge is 0.497 e. The van der Waals surface area contributed by atoms with Crippen LogP contribution in [0, 0.1) is 13.8 Å². The van der Waals surface area contributed by atoms with Gasteiger partial charge in [-0.3, -0.25) is 9.59 Å². The van der Waals surface area contributed by atoms with Gasteiger partial charge in [-0.25, -0.2) is 0 Å². The van der Waals surface area contributed by atoms with E-state index >= 15 is 0 Å². The van der Waals surface area contributed by atoms with Gasteiger partial charge in [0.25, 0.3) is 0 Å². The average molecular weight is 378 g/mol. The summed E-state index contributed by atoms with van der Waals surface area (Å²) in [6.07, 6.45) is 4.89. The molecule has 1 saturated heterocycles. The summed E-state index contributed by atoms with van der Waals surface area (Å²) < 4.78 is 5.13. The lowest BCUT2D eigenvalue weighted by molar-refractivity contribution is -0.132. The highest BCUT2D eigenvalue weighted by Gasteiger charge is 2.33. The third-order valence-electron chi connectivity index (χ3n) is 5.03. The second-order valence-corrected chi connectivity index (χ2v) is 7.10. The second kappa shape index (κ2) is 8.74. The first-order valence-corrected chi connectivity index (χ1v) is 9.49. The Labute approximate surface area is 166 Å². The molecule has 0 spiro atoms. The minimum absolute atomic E-state index is 0.132. The number of nitrogens with zero attached hydrogens (tertiary/aromatic N) is 1. The summed E-state index contributed by atoms with van der Waals surface area (Å²) in [7, 11) is 1.60. The predicted octanol–water partition coefficient (Wildman–Crippen LogP) is 3.95. The number of nitrogens with one attached hydrogen (secondary N) is 1. The van der Waals surface area contributed by atoms with E-state index in [4.69, 9.17) is 4.74 Å². The van der Waals surface area contributed by atoms with Gasteiger partial charge < -0.3 is 15.0 Å². The maximum atomic E-state index is 12.7. The molecule has 1 fully saturated rings. The summed E-state index contributed by atoms with van der Waals surface area (Å²) in [5.74, 6) is 0.440. The molecule has 1 N–H and O–H groups in total. The number of carbonyl (C=O) groups excluding carboxylic acids is 2. The molecule has 0 radical (unpaired) electrons. The van der Waals surface area contributed by atoms with Gasteiger partial charge in [0.15, 0.2) is 0 Å². The fourth-order valence-electron chi connectivity index (χ4n) is 3.47. The zero-order valence-corrected chi connectivity index (χ0v) is 16.6. The molecule has 0 bridgehead atoms. The van der Waals surface area contributed by atoms with E-state index in [0.717, 1.165) is 23.3 Å². The zero-order chi connectivity index (χ0) is 20.1. The molecule has 5 heteroatoms. The Morgan fingerprint density at radius 3 is 2.57 bits per heavy atom. The molecule has 5 nitrogen and oxygen atoms in total. The van der Waals surface area contributed by atoms with Gasteiger partial charge in [-0.1, -0.05) is 23.8 Å². The van der Waals surface area contributed by atoms with Gasteiger partial charge in [0, 0.05) is 18.3 Å². The minimum atomic E-state index is -0.446. The number of benzene rings is 2. The number of aryl methyl sites for hydroxylation is 2. The lowest BCUT2D eigenvalue weighted by atomic mass is 10.1. The van der Waals surface area contributed by atoms with E-state index in [-0.39, 0.29) is 11.8 Å². The number of ether oxygens (including phenoxy) is 1. The number of methoxy groups -OCH3 is 1. The van der Waals surface area contributed by atoms with Gasteiger partial charge in [0.1, 0.15) is 11.8 Å². The van der Waals surface area contributed by atoms with Crippen molar-refractivity contribution < 1.29 is 14.3 Å². The average Bonchev–Trinajstić information content (AvgIpc) is 3.18. The van der Waals surface area contributed by atoms with Crippen LogP contribution in [0.15, 0.2) is 48.5 Å². The van der Waals surface area contributed by atoms with Crippen LogP contribution in [0.1, 0.15) is 29.5 Å². The van der Waals surface area contributed by atoms with E-state index in [1.54, 1.807) is 42.4 Å². The predicted molar refractivity (Wildman–Crippen MR) is 111 cm³/mol. The van der Waals surface area contributed by atoms with Crippen LogP contribution in [0.5, 0.6) is 5.75 Å². The Hall–Kier alpha value is -3.08. The fourth-order valence-corrected chi connectivity index (χ4v) is 3.47. The third-order valence-corrected chi connectivity index (χ3v) is 5.03. The highest BCUT2D eigenvalue weighted by atomic mass is 16.5. The van der Waals surface area contributed by atoms with Gasteiger partial charge in [-0.2, -0.15) is 0 Å². The molecule has 3 rings (SSSR count). The quantitative estimate of drug-likeness (QED) is 0.802. The number of likely N-dealkylation sites (tertiary alicyclic amines) is 1. The van der Waals surface area contributed by atoms with Crippen molar-refractivity contribution in [2.45, 2.75) is 32.7 Å². The summed E-state index contributed by atoms with van der Waals surface area (Å²) in [4.78, 5) is 27.0. The van der Waals surface area contributed by atoms with Crippen molar-refractivity contribution in [3.05, 3.63) is 65.2 Å². The van der Waals surface area contributed by atoms with Gasteiger partial charge in [0.05, 0.1) is 7.11 Å². The molecule has 2 aromatic rings. The number of carbonyl (C=O) groups is 2. The molecule has 1 heterocycles. The number of hydrogen-bond acceptors (Lipinski definition) is 3. The highest BCUT2D eigenvalue weighted by molar-refractivity contribution is 6.00. The molecule has 2 aromatic carbocycles. The first kappa shape index (κ1) is 19.7. The van der Waals surface area contributed by atoms with E-state index in [2.05, 4.69) is 11.4 Å². The summed E-state index contributed by atoms with van der Waals surface area (Å²) >= 11 is 0. The molecule has 1 aliphatic heterocycles. The SMILES string of the molecule is COc1ccc(NC(=O)C2CCCN2C(=O)/C=C/c2ccc(C)cc2C)cc1. The number of hydrogen-bond donors (Lipinski definition) is 1. The van der Waals surface area contributed by atoms with Crippen molar-refractivity contribution in [1.29, 1.82) is 0 Å². The fraction of sp³-hybridized carbons (Fsp3) is 0.304. The number of anilines is 1. The minimum Gasteiger partial charge on any atom is -0.497 e. The van der Waals surface area contributed by atoms with Crippen molar-refractivity contribution >= 4 is 23.6 Å². The lowest BCUT2D eigenvalue weighted by Crippen LogP contribution is -2.42. The van der Waals surface area contributed by atoms with E-state index in [0.29, 0.717) is 18.7 Å². The van der Waals surface area contributed by atoms with Crippen LogP contribution in [-0.2, 0) is 9.59 Å². The van der Waals surface area contributed by atoms with Crippen molar-refractivity contribution in [2.75, 3.05) is 19.0 Å². The van der Waals surface area contributed by atoms with Gasteiger partial charge in [0.2, 0.25) is 11.8 Å². The molecule has 28 heavy (non-hydrogen) atoms. The smallest absolute Gasteiger partial charge is 0.247 e. The summed E-state index contributed by atoms with van der Waals surface area (Å²) in [6, 6.07) is 12.8. The van der Waals surface area contributed by atoms with E-state index < -0.39 is 6.04 Å². The van der Waals surface area contributed by atoms with Crippen molar-refractivity contribution in [2.24, 2.45) is 0 Å². The lowest BCUT2D eigenvalue weighted by Gasteiger charge is -2.22. The van der Waals surface area contributed by atoms with Gasteiger partial charge in [-0.05, 0) is 68.2 Å². The van der Waals surface area contributed by atoms with Crippen LogP contribution in [0.4, 0.5) is 5.69 Å². The van der Waals surface area contributed by atoms with Crippen LogP contribution in [0.25, 0.3) is 6.08 Å². The van der Waals surface area contributed by atoms with Crippen molar-refractivity contribution in [1.82, 2.24) is 4.90 Å². The molecule has 0 aromatic heterocycles. The van der Waals surface area contributed by atoms with Crippen molar-refractivity contribution in [3.63, 3.8) is 0 Å². The molecular weight excluding hydrogens is 352 g/mol. The second-order valence-electron chi connectivity index (χ2n) is 7.10. The molecule has 0 saturated carbocycles. The maximum Gasteiger partial charge on any atom is 0.247 e. The van der Waals surface area contributed by atoms with Crippen LogP contribution in [0.3, 0.4) is 0 Å². The summed E-state index contributed by atoms with van der Waals surface area (Å²) in [5, 5.41) is 2.90. The summed E-state index contributed by atoms with van der Waals surface area (Å²) in [6.45, 7) is 4.66. The van der Waals surface area contributed by atoms with E-state index in [9.17, 15) is 9.59 Å². The highest BCUT2D eigenvalue weighted by Crippen LogP contribution is 2.21. The van der Waals surface area contributed by atoms with Crippen LogP contribution in [0.2, 0.25) is 0 Å².